The van der Waals surface area contributed by atoms with Crippen LogP contribution in [0.25, 0.3) is 22.3 Å². The van der Waals surface area contributed by atoms with Gasteiger partial charge in [0.2, 0.25) is 0 Å². The highest BCUT2D eigenvalue weighted by Crippen LogP contribution is 2.28. The lowest BCUT2D eigenvalue weighted by atomic mass is 10.1. The van der Waals surface area contributed by atoms with Crippen molar-refractivity contribution in [1.82, 2.24) is 19.9 Å². The number of benzene rings is 1. The van der Waals surface area contributed by atoms with E-state index in [2.05, 4.69) is 19.9 Å². The normalized spacial score (nSPS) is 11.8. The maximum Gasteiger partial charge on any atom is 0.419 e. The Bertz CT molecular complexity index is 958. The summed E-state index contributed by atoms with van der Waals surface area (Å²) in [7, 11) is 0. The molecule has 9 heteroatoms. The lowest BCUT2D eigenvalue weighted by molar-refractivity contribution is -0.138. The number of aromatic amines is 2. The van der Waals surface area contributed by atoms with Crippen LogP contribution in [0.1, 0.15) is 5.56 Å². The van der Waals surface area contributed by atoms with Crippen LogP contribution in [0.2, 0.25) is 0 Å². The number of aromatic nitrogens is 4. The van der Waals surface area contributed by atoms with Crippen LogP contribution in [0.4, 0.5) is 13.2 Å². The Hall–Kier alpha value is -2.97. The summed E-state index contributed by atoms with van der Waals surface area (Å²) in [6, 6.07) is 4.34. The lowest BCUT2D eigenvalue weighted by Gasteiger charge is -2.06. The van der Waals surface area contributed by atoms with Crippen LogP contribution in [0.15, 0.2) is 40.2 Å². The molecule has 0 radical (unpaired) electrons. The summed E-state index contributed by atoms with van der Waals surface area (Å²) in [6.07, 6.45) is -3.17. The molecule has 0 saturated heterocycles. The minimum Gasteiger partial charge on any atom is -0.307 e. The molecule has 0 fully saturated rings. The molecule has 0 spiro atoms. The molecule has 2 heterocycles. The lowest BCUT2D eigenvalue weighted by Crippen LogP contribution is -2.21. The Morgan fingerprint density at radius 1 is 1.00 bits per heavy atom. The summed E-state index contributed by atoms with van der Waals surface area (Å²) >= 11 is 0. The van der Waals surface area contributed by atoms with Crippen molar-refractivity contribution in [2.24, 2.45) is 0 Å². The van der Waals surface area contributed by atoms with Gasteiger partial charge >= 0.3 is 11.9 Å². The zero-order valence-corrected chi connectivity index (χ0v) is 10.7. The van der Waals surface area contributed by atoms with Crippen molar-refractivity contribution in [3.8, 4) is 11.4 Å². The van der Waals surface area contributed by atoms with Crippen LogP contribution in [-0.4, -0.2) is 19.9 Å². The van der Waals surface area contributed by atoms with Crippen LogP contribution >= 0.6 is 0 Å². The Balaban J connectivity index is 2.11. The first-order valence-electron chi connectivity index (χ1n) is 6.00. The second-order valence-corrected chi connectivity index (χ2v) is 4.46. The number of halogens is 3. The van der Waals surface area contributed by atoms with E-state index >= 15 is 0 Å². The summed E-state index contributed by atoms with van der Waals surface area (Å²) in [6.45, 7) is 0. The topological polar surface area (TPSA) is 91.5 Å². The van der Waals surface area contributed by atoms with Crippen molar-refractivity contribution in [2.45, 2.75) is 6.18 Å². The van der Waals surface area contributed by atoms with E-state index in [1.54, 1.807) is 0 Å². The highest BCUT2D eigenvalue weighted by molar-refractivity contribution is 5.81. The van der Waals surface area contributed by atoms with E-state index in [-0.39, 0.29) is 16.7 Å². The Morgan fingerprint density at radius 2 is 1.68 bits per heavy atom. The molecule has 0 unspecified atom stereocenters. The largest absolute Gasteiger partial charge is 0.419 e. The van der Waals surface area contributed by atoms with Crippen LogP contribution < -0.4 is 11.2 Å². The Kier molecular flexibility index (Phi) is 3.05. The number of fused-ring (bicyclic) bond motifs is 1. The third-order valence-electron chi connectivity index (χ3n) is 2.98. The van der Waals surface area contributed by atoms with E-state index in [4.69, 9.17) is 0 Å². The highest BCUT2D eigenvalue weighted by atomic mass is 19.4. The zero-order chi connectivity index (χ0) is 15.9. The summed E-state index contributed by atoms with van der Waals surface area (Å²) in [5, 5.41) is 0.246. The number of nitrogens with zero attached hydrogens (tertiary/aromatic N) is 2. The molecule has 0 atom stereocenters. The third-order valence-corrected chi connectivity index (χ3v) is 2.98. The fourth-order valence-corrected chi connectivity index (χ4v) is 1.93. The van der Waals surface area contributed by atoms with E-state index in [1.807, 2.05) is 0 Å². The van der Waals surface area contributed by atoms with Gasteiger partial charge in [-0.1, -0.05) is 6.07 Å². The molecule has 0 saturated carbocycles. The maximum absolute atomic E-state index is 12.5. The van der Waals surface area contributed by atoms with Gasteiger partial charge in [0.1, 0.15) is 0 Å². The monoisotopic (exact) mass is 308 g/mol. The SMILES string of the molecule is O=c1[nH]c(=O)c2ccc(-c3ncc(C(F)(F)F)cn3)cc2[nH]1. The van der Waals surface area contributed by atoms with Gasteiger partial charge in [-0.3, -0.25) is 9.78 Å². The Labute approximate surface area is 119 Å². The minimum atomic E-state index is -4.51. The summed E-state index contributed by atoms with van der Waals surface area (Å²) in [5.41, 5.74) is -1.57. The van der Waals surface area contributed by atoms with Crippen molar-refractivity contribution in [1.29, 1.82) is 0 Å². The van der Waals surface area contributed by atoms with Gasteiger partial charge in [0.15, 0.2) is 5.82 Å². The van der Waals surface area contributed by atoms with Crippen molar-refractivity contribution in [2.75, 3.05) is 0 Å². The standard InChI is InChI=1S/C13H7F3N4O2/c14-13(15,16)7-4-17-10(18-5-7)6-1-2-8-9(3-6)19-12(22)20-11(8)21/h1-5H,(H2,19,20,21,22). The van der Waals surface area contributed by atoms with Crippen LogP contribution in [0.3, 0.4) is 0 Å². The fraction of sp³-hybridized carbons (Fsp3) is 0.0769. The summed E-state index contributed by atoms with van der Waals surface area (Å²) < 4.78 is 37.4. The van der Waals surface area contributed by atoms with Crippen LogP contribution in [-0.2, 0) is 6.18 Å². The molecule has 3 rings (SSSR count). The molecule has 2 aromatic heterocycles. The minimum absolute atomic E-state index is 0.0519. The van der Waals surface area contributed by atoms with E-state index in [0.29, 0.717) is 18.0 Å². The number of nitrogens with one attached hydrogen (secondary N) is 2. The average molecular weight is 308 g/mol. The van der Waals surface area contributed by atoms with E-state index < -0.39 is 23.0 Å². The predicted octanol–water partition coefficient (Wildman–Crippen LogP) is 1.69. The number of H-pyrrole nitrogens is 2. The summed E-state index contributed by atoms with van der Waals surface area (Å²) in [4.78, 5) is 34.6. The molecular weight excluding hydrogens is 301 g/mol. The van der Waals surface area contributed by atoms with Gasteiger partial charge in [-0.25, -0.2) is 14.8 Å². The second-order valence-electron chi connectivity index (χ2n) is 4.46. The second kappa shape index (κ2) is 4.79. The molecule has 2 N–H and O–H groups in total. The van der Waals surface area contributed by atoms with Crippen molar-refractivity contribution < 1.29 is 13.2 Å². The first kappa shape index (κ1) is 14.0. The molecule has 6 nitrogen and oxygen atoms in total. The molecule has 0 aliphatic heterocycles. The fourth-order valence-electron chi connectivity index (χ4n) is 1.93. The van der Waals surface area contributed by atoms with Gasteiger partial charge in [0.05, 0.1) is 16.5 Å². The van der Waals surface area contributed by atoms with E-state index in [0.717, 1.165) is 0 Å². The summed E-state index contributed by atoms with van der Waals surface area (Å²) in [5.74, 6) is 0.0519. The van der Waals surface area contributed by atoms with Gasteiger partial charge in [-0.05, 0) is 12.1 Å². The number of rotatable bonds is 1. The highest BCUT2D eigenvalue weighted by Gasteiger charge is 2.31. The molecule has 112 valence electrons. The molecule has 0 aliphatic carbocycles. The van der Waals surface area contributed by atoms with Gasteiger partial charge in [0, 0.05) is 18.0 Å². The first-order chi connectivity index (χ1) is 10.3. The number of alkyl halides is 3. The van der Waals surface area contributed by atoms with Crippen molar-refractivity contribution in [3.05, 3.63) is 57.0 Å². The van der Waals surface area contributed by atoms with E-state index in [9.17, 15) is 22.8 Å². The molecular formula is C13H7F3N4O2. The van der Waals surface area contributed by atoms with Crippen molar-refractivity contribution >= 4 is 10.9 Å². The number of hydrogen-bond donors (Lipinski definition) is 2. The Morgan fingerprint density at radius 3 is 2.32 bits per heavy atom. The number of hydrogen-bond acceptors (Lipinski definition) is 4. The van der Waals surface area contributed by atoms with Gasteiger partial charge in [0.25, 0.3) is 5.56 Å². The quantitative estimate of drug-likeness (QED) is 0.715. The molecule has 0 amide bonds. The molecule has 3 aromatic rings. The molecule has 0 bridgehead atoms. The third kappa shape index (κ3) is 2.48. The van der Waals surface area contributed by atoms with Gasteiger partial charge < -0.3 is 4.98 Å². The molecule has 1 aromatic carbocycles. The van der Waals surface area contributed by atoms with Gasteiger partial charge in [-0.2, -0.15) is 13.2 Å². The van der Waals surface area contributed by atoms with E-state index in [1.165, 1.54) is 18.2 Å². The maximum atomic E-state index is 12.5. The van der Waals surface area contributed by atoms with Gasteiger partial charge in [-0.15, -0.1) is 0 Å². The first-order valence-corrected chi connectivity index (χ1v) is 6.00. The smallest absolute Gasteiger partial charge is 0.307 e. The molecule has 22 heavy (non-hydrogen) atoms. The van der Waals surface area contributed by atoms with Crippen molar-refractivity contribution in [3.63, 3.8) is 0 Å². The average Bonchev–Trinajstić information content (AvgIpc) is 2.45. The molecule has 0 aliphatic rings. The zero-order valence-electron chi connectivity index (χ0n) is 10.7. The predicted molar refractivity (Wildman–Crippen MR) is 71.2 cm³/mol. The van der Waals surface area contributed by atoms with Crippen LogP contribution in [0, 0.1) is 0 Å². The van der Waals surface area contributed by atoms with Crippen LogP contribution in [0.5, 0.6) is 0 Å².